The van der Waals surface area contributed by atoms with Gasteiger partial charge in [0.1, 0.15) is 0 Å². The maximum atomic E-state index is 12.0. The number of ether oxygens (including phenoxy) is 1. The highest BCUT2D eigenvalue weighted by molar-refractivity contribution is 5.97. The summed E-state index contributed by atoms with van der Waals surface area (Å²) in [7, 11) is 0. The number of nitrogens with zero attached hydrogens (tertiary/aromatic N) is 1. The van der Waals surface area contributed by atoms with E-state index in [0.717, 1.165) is 5.01 Å². The summed E-state index contributed by atoms with van der Waals surface area (Å²) in [6.45, 7) is 1.74. The fraction of sp³-hybridized carbons (Fsp3) is 0.294. The van der Waals surface area contributed by atoms with E-state index in [-0.39, 0.29) is 30.9 Å². The third-order valence-corrected chi connectivity index (χ3v) is 2.98. The number of hydrogen-bond acceptors (Lipinski definition) is 6. The van der Waals surface area contributed by atoms with Gasteiger partial charge >= 0.3 is 5.97 Å². The van der Waals surface area contributed by atoms with Crippen molar-refractivity contribution < 1.29 is 23.9 Å². The van der Waals surface area contributed by atoms with Crippen LogP contribution >= 0.6 is 0 Å². The number of anilines is 1. The number of amides is 3. The number of hydrogen-bond donors (Lipinski definition) is 3. The topological polar surface area (TPSA) is 131 Å². The molecule has 0 aliphatic heterocycles. The standard InChI is InChI=1S/C17H20N4O5/c1-2-26-16(24)8-3-4-9-19-15(23)11-20-17(25)13-6-5-7-14(10-13)21(18)12-22/h5-7,10,12H,2-3,8,11,18H2,1H3,(H,19,23)(H,20,25). The number of carbonyl (C=O) groups is 4. The van der Waals surface area contributed by atoms with Crippen molar-refractivity contribution in [3.05, 3.63) is 29.8 Å². The Morgan fingerprint density at radius 2 is 2.12 bits per heavy atom. The average molecular weight is 360 g/mol. The molecule has 0 unspecified atom stereocenters. The van der Waals surface area contributed by atoms with Crippen LogP contribution in [0.15, 0.2) is 24.3 Å². The van der Waals surface area contributed by atoms with E-state index >= 15 is 0 Å². The van der Waals surface area contributed by atoms with Gasteiger partial charge in [-0.05, 0) is 25.1 Å². The summed E-state index contributed by atoms with van der Waals surface area (Å²) in [6, 6.07) is 8.46. The zero-order chi connectivity index (χ0) is 19.4. The van der Waals surface area contributed by atoms with Crippen molar-refractivity contribution in [2.75, 3.05) is 18.2 Å². The van der Waals surface area contributed by atoms with Gasteiger partial charge in [0.05, 0.1) is 25.3 Å². The number of hydrazine groups is 1. The number of carbonyl (C=O) groups excluding carboxylic acids is 4. The Labute approximate surface area is 150 Å². The summed E-state index contributed by atoms with van der Waals surface area (Å²) < 4.78 is 4.74. The molecule has 1 aromatic rings. The molecule has 0 atom stereocenters. The van der Waals surface area contributed by atoms with E-state index in [1.165, 1.54) is 12.1 Å². The van der Waals surface area contributed by atoms with Crippen LogP contribution in [0.3, 0.4) is 0 Å². The van der Waals surface area contributed by atoms with Gasteiger partial charge < -0.3 is 10.1 Å². The second-order valence-corrected chi connectivity index (χ2v) is 4.90. The summed E-state index contributed by atoms with van der Waals surface area (Å²) in [4.78, 5) is 45.3. The van der Waals surface area contributed by atoms with Crippen LogP contribution in [0.1, 0.15) is 30.1 Å². The minimum atomic E-state index is -0.508. The predicted octanol–water partition coefficient (Wildman–Crippen LogP) is -0.327. The number of nitrogens with one attached hydrogen (secondary N) is 2. The number of rotatable bonds is 8. The van der Waals surface area contributed by atoms with Crippen molar-refractivity contribution in [2.24, 2.45) is 5.84 Å². The first-order valence-electron chi connectivity index (χ1n) is 7.77. The molecule has 0 aromatic heterocycles. The Bertz CT molecular complexity index is 723. The van der Waals surface area contributed by atoms with Gasteiger partial charge in [-0.2, -0.15) is 0 Å². The highest BCUT2D eigenvalue weighted by Crippen LogP contribution is 2.12. The van der Waals surface area contributed by atoms with Crippen LogP contribution < -0.4 is 21.5 Å². The van der Waals surface area contributed by atoms with Gasteiger partial charge in [-0.1, -0.05) is 12.0 Å². The molecule has 0 aliphatic rings. The molecule has 4 N–H and O–H groups in total. The molecule has 0 radical (unpaired) electrons. The molecule has 0 heterocycles. The van der Waals surface area contributed by atoms with Gasteiger partial charge in [-0.3, -0.25) is 29.5 Å². The molecule has 0 fully saturated rings. The maximum Gasteiger partial charge on any atom is 0.306 e. The third kappa shape index (κ3) is 7.46. The molecule has 0 saturated heterocycles. The van der Waals surface area contributed by atoms with E-state index in [4.69, 9.17) is 10.6 Å². The molecule has 9 heteroatoms. The monoisotopic (exact) mass is 360 g/mol. The predicted molar refractivity (Wildman–Crippen MR) is 93.3 cm³/mol. The van der Waals surface area contributed by atoms with Crippen LogP contribution in [0.2, 0.25) is 0 Å². The number of benzene rings is 1. The van der Waals surface area contributed by atoms with E-state index in [1.807, 2.05) is 0 Å². The van der Waals surface area contributed by atoms with Crippen LogP contribution in [0.4, 0.5) is 5.69 Å². The first kappa shape index (κ1) is 20.7. The van der Waals surface area contributed by atoms with E-state index in [1.54, 1.807) is 19.1 Å². The molecule has 0 spiro atoms. The van der Waals surface area contributed by atoms with Gasteiger partial charge in [0, 0.05) is 18.0 Å². The quantitative estimate of drug-likeness (QED) is 0.111. The highest BCUT2D eigenvalue weighted by atomic mass is 16.5. The zero-order valence-electron chi connectivity index (χ0n) is 14.3. The van der Waals surface area contributed by atoms with Crippen LogP contribution in [0.25, 0.3) is 0 Å². The van der Waals surface area contributed by atoms with E-state index in [9.17, 15) is 19.2 Å². The van der Waals surface area contributed by atoms with Crippen molar-refractivity contribution in [1.29, 1.82) is 0 Å². The Hall–Kier alpha value is -3.38. The van der Waals surface area contributed by atoms with Crippen molar-refractivity contribution in [3.63, 3.8) is 0 Å². The first-order valence-corrected chi connectivity index (χ1v) is 7.77. The Kier molecular flexibility index (Phi) is 8.92. The van der Waals surface area contributed by atoms with Gasteiger partial charge in [0.2, 0.25) is 6.41 Å². The third-order valence-electron chi connectivity index (χ3n) is 2.98. The summed E-state index contributed by atoms with van der Waals surface area (Å²) in [5, 5.41) is 5.54. The van der Waals surface area contributed by atoms with Crippen molar-refractivity contribution >= 4 is 29.9 Å². The molecule has 3 amide bonds. The Morgan fingerprint density at radius 1 is 1.35 bits per heavy atom. The van der Waals surface area contributed by atoms with Crippen LogP contribution in [0.5, 0.6) is 0 Å². The summed E-state index contributed by atoms with van der Waals surface area (Å²) in [5.41, 5.74) is 0.581. The van der Waals surface area contributed by atoms with Crippen molar-refractivity contribution in [2.45, 2.75) is 19.8 Å². The van der Waals surface area contributed by atoms with Gasteiger partial charge in [-0.15, -0.1) is 0 Å². The molecule has 0 bridgehead atoms. The molecular formula is C17H20N4O5. The van der Waals surface area contributed by atoms with Gasteiger partial charge in [0.15, 0.2) is 0 Å². The molecule has 0 saturated carbocycles. The second kappa shape index (κ2) is 11.2. The van der Waals surface area contributed by atoms with Crippen molar-refractivity contribution in [1.82, 2.24) is 10.6 Å². The Balaban J connectivity index is 2.40. The number of esters is 1. The van der Waals surface area contributed by atoms with E-state index < -0.39 is 11.8 Å². The van der Waals surface area contributed by atoms with Crippen LogP contribution in [0, 0.1) is 12.0 Å². The van der Waals surface area contributed by atoms with Crippen LogP contribution in [-0.2, 0) is 19.1 Å². The van der Waals surface area contributed by atoms with Gasteiger partial charge in [0.25, 0.3) is 11.8 Å². The second-order valence-electron chi connectivity index (χ2n) is 4.90. The Morgan fingerprint density at radius 3 is 2.81 bits per heavy atom. The minimum Gasteiger partial charge on any atom is -0.466 e. The summed E-state index contributed by atoms with van der Waals surface area (Å²) in [5.74, 6) is 6.66. The minimum absolute atomic E-state index is 0.142. The molecule has 1 aromatic carbocycles. The lowest BCUT2D eigenvalue weighted by atomic mass is 10.2. The van der Waals surface area contributed by atoms with E-state index in [2.05, 4.69) is 22.6 Å². The molecule has 1 rings (SSSR count). The molecule has 0 aliphatic carbocycles. The number of nitrogens with two attached hydrogens (primary N) is 1. The fourth-order valence-electron chi connectivity index (χ4n) is 1.75. The highest BCUT2D eigenvalue weighted by Gasteiger charge is 2.09. The van der Waals surface area contributed by atoms with Gasteiger partial charge in [-0.25, -0.2) is 5.84 Å². The summed E-state index contributed by atoms with van der Waals surface area (Å²) >= 11 is 0. The fourth-order valence-corrected chi connectivity index (χ4v) is 1.75. The molecule has 138 valence electrons. The largest absolute Gasteiger partial charge is 0.466 e. The summed E-state index contributed by atoms with van der Waals surface area (Å²) in [6.07, 6.45) is 0.804. The smallest absolute Gasteiger partial charge is 0.306 e. The maximum absolute atomic E-state index is 12.0. The molecule has 9 nitrogen and oxygen atoms in total. The first-order chi connectivity index (χ1) is 12.5. The van der Waals surface area contributed by atoms with Crippen molar-refractivity contribution in [3.8, 4) is 12.0 Å². The normalized spacial score (nSPS) is 9.31. The zero-order valence-corrected chi connectivity index (χ0v) is 14.3. The van der Waals surface area contributed by atoms with Crippen LogP contribution in [-0.4, -0.2) is 37.3 Å². The lowest BCUT2D eigenvalue weighted by Crippen LogP contribution is -2.35. The van der Waals surface area contributed by atoms with E-state index in [0.29, 0.717) is 18.7 Å². The lowest BCUT2D eigenvalue weighted by molar-refractivity contribution is -0.143. The molecular weight excluding hydrogens is 340 g/mol. The molecule has 26 heavy (non-hydrogen) atoms. The average Bonchev–Trinajstić information content (AvgIpc) is 2.65. The SMILES string of the molecule is CCOC(=O)CCC#CNC(=O)CNC(=O)c1cccc(N(N)C=O)c1. The lowest BCUT2D eigenvalue weighted by Gasteiger charge is -2.11.